The van der Waals surface area contributed by atoms with Crippen LogP contribution in [0.5, 0.6) is 0 Å². The molecule has 0 saturated heterocycles. The van der Waals surface area contributed by atoms with E-state index in [-0.39, 0.29) is 21.1 Å². The van der Waals surface area contributed by atoms with E-state index >= 15 is 0 Å². The van der Waals surface area contributed by atoms with Crippen LogP contribution in [0.1, 0.15) is 0 Å². The molecule has 0 heterocycles. The van der Waals surface area contributed by atoms with E-state index in [1.807, 2.05) is 0 Å². The maximum absolute atomic E-state index is 2.34. The summed E-state index contributed by atoms with van der Waals surface area (Å²) in [5.74, 6) is 2.34. The number of rotatable bonds is 0. The SMILES string of the molecule is [BH2][Nb][SiH3].[Mo]. The molecule has 0 aromatic rings. The van der Waals surface area contributed by atoms with Crippen molar-refractivity contribution >= 4 is 13.9 Å². The first-order valence-electron chi connectivity index (χ1n) is 0.894. The molecular formula is H5BMoNbSi. The van der Waals surface area contributed by atoms with Gasteiger partial charge in [0.15, 0.2) is 0 Å². The molecule has 23 valence electrons. The Morgan fingerprint density at radius 2 is 1.75 bits per heavy atom. The minimum atomic E-state index is 0. The van der Waals surface area contributed by atoms with Gasteiger partial charge in [-0.3, -0.25) is 0 Å². The Balaban J connectivity index is 0. The summed E-state index contributed by atoms with van der Waals surface area (Å²) in [6, 6.07) is 0. The molecule has 0 radical (unpaired) electrons. The van der Waals surface area contributed by atoms with Gasteiger partial charge in [0, 0.05) is 21.1 Å². The van der Waals surface area contributed by atoms with Crippen LogP contribution in [0.25, 0.3) is 0 Å². The van der Waals surface area contributed by atoms with Crippen LogP contribution in [0.2, 0.25) is 0 Å². The van der Waals surface area contributed by atoms with Gasteiger partial charge in [-0.25, -0.2) is 0 Å². The van der Waals surface area contributed by atoms with Crippen molar-refractivity contribution < 1.29 is 39.9 Å². The van der Waals surface area contributed by atoms with Gasteiger partial charge < -0.3 is 0 Å². The second kappa shape index (κ2) is 8.83. The standard InChI is InChI=1S/BH2.Mo.Nb.H3Si/h1H2;;;1H3/q+1;;-1;. The molecule has 4 heavy (non-hydrogen) atoms. The molecule has 0 aromatic heterocycles. The molecule has 0 nitrogen and oxygen atoms in total. The average Bonchev–Trinajstić information content (AvgIpc) is 0.918. The van der Waals surface area contributed by atoms with E-state index in [9.17, 15) is 0 Å². The fraction of sp³-hybridized carbons (Fsp3) is 0. The summed E-state index contributed by atoms with van der Waals surface area (Å²) in [4.78, 5) is 0. The maximum atomic E-state index is 2.34. The molecule has 0 atom stereocenters. The molecule has 0 N–H and O–H groups in total. The van der Waals surface area contributed by atoms with Gasteiger partial charge in [-0.1, -0.05) is 0 Å². The molecule has 4 heteroatoms. The zero-order chi connectivity index (χ0) is 2.71. The first-order chi connectivity index (χ1) is 1.41. The fourth-order valence-electron chi connectivity index (χ4n) is 0. The fourth-order valence-corrected chi connectivity index (χ4v) is 0. The van der Waals surface area contributed by atoms with Gasteiger partial charge in [-0.05, 0) is 0 Å². The minimum absolute atomic E-state index is 0. The number of hydrogen-bond acceptors (Lipinski definition) is 0. The summed E-state index contributed by atoms with van der Waals surface area (Å²) in [5.41, 5.74) is 0. The van der Waals surface area contributed by atoms with Crippen LogP contribution in [0.3, 0.4) is 0 Å². The summed E-state index contributed by atoms with van der Waals surface area (Å²) < 4.78 is 0. The van der Waals surface area contributed by atoms with Gasteiger partial charge in [0.2, 0.25) is 0 Å². The topological polar surface area (TPSA) is 0 Å². The Hall–Kier alpha value is 1.71. The zero-order valence-electron chi connectivity index (χ0n) is 2.86. The quantitative estimate of drug-likeness (QED) is 0.420. The van der Waals surface area contributed by atoms with Crippen LogP contribution in [0, 0.1) is 0 Å². The molecule has 0 amide bonds. The van der Waals surface area contributed by atoms with Crippen LogP contribution in [0.4, 0.5) is 0 Å². The van der Waals surface area contributed by atoms with Gasteiger partial charge in [0.1, 0.15) is 0 Å². The van der Waals surface area contributed by atoms with E-state index in [1.54, 1.807) is 0 Å². The first kappa shape index (κ1) is 9.20. The Morgan fingerprint density at radius 1 is 1.75 bits per heavy atom. The normalized spacial score (nSPS) is 4.00. The van der Waals surface area contributed by atoms with Gasteiger partial charge >= 0.3 is 32.7 Å². The largest absolute Gasteiger partial charge is 0 e. The summed E-state index contributed by atoms with van der Waals surface area (Å²) in [6.07, 6.45) is 0. The average molecular weight is 233 g/mol. The Morgan fingerprint density at radius 3 is 1.75 bits per heavy atom. The predicted molar refractivity (Wildman–Crippen MR) is 18.5 cm³/mol. The van der Waals surface area contributed by atoms with Crippen LogP contribution >= 0.6 is 0 Å². The Labute approximate surface area is 53.4 Å². The van der Waals surface area contributed by atoms with Crippen molar-refractivity contribution in [1.29, 1.82) is 0 Å². The number of hydrogen-bond donors (Lipinski definition) is 0. The monoisotopic (exact) mass is 235 g/mol. The third kappa shape index (κ3) is 9.32. The van der Waals surface area contributed by atoms with E-state index in [1.165, 1.54) is 8.00 Å². The predicted octanol–water partition coefficient (Wildman–Crippen LogP) is -2.11. The minimum Gasteiger partial charge on any atom is 0 e. The second-order valence-electron chi connectivity index (χ2n) is 0.447. The van der Waals surface area contributed by atoms with Crippen molar-refractivity contribution in [1.82, 2.24) is 0 Å². The van der Waals surface area contributed by atoms with E-state index in [0.29, 0.717) is 18.8 Å². The molecule has 0 saturated carbocycles. The van der Waals surface area contributed by atoms with Crippen molar-refractivity contribution in [2.24, 2.45) is 0 Å². The van der Waals surface area contributed by atoms with E-state index in [4.69, 9.17) is 0 Å². The third-order valence-electron chi connectivity index (χ3n) is 0. The molecule has 0 aliphatic rings. The Bertz CT molecular complexity index is 8.00. The molecule has 0 unspecified atom stereocenters. The summed E-state index contributed by atoms with van der Waals surface area (Å²) in [7, 11) is 1.52. The molecule has 0 bridgehead atoms. The molecular weight excluding hydrogens is 228 g/mol. The maximum Gasteiger partial charge on any atom is 0 e. The van der Waals surface area contributed by atoms with Crippen LogP contribution in [0.15, 0.2) is 0 Å². The van der Waals surface area contributed by atoms with Crippen LogP contribution < -0.4 is 0 Å². The summed E-state index contributed by atoms with van der Waals surface area (Å²) >= 11 is 0.489. The molecule has 0 fully saturated rings. The van der Waals surface area contributed by atoms with Gasteiger partial charge in [-0.15, -0.1) is 0 Å². The molecule has 0 spiro atoms. The van der Waals surface area contributed by atoms with Gasteiger partial charge in [-0.2, -0.15) is 0 Å². The van der Waals surface area contributed by atoms with E-state index in [0.717, 1.165) is 0 Å². The van der Waals surface area contributed by atoms with Crippen LogP contribution in [-0.2, 0) is 39.9 Å². The van der Waals surface area contributed by atoms with Gasteiger partial charge in [0.25, 0.3) is 0 Å². The zero-order valence-corrected chi connectivity index (χ0v) is 9.06. The van der Waals surface area contributed by atoms with Crippen molar-refractivity contribution in [2.45, 2.75) is 0 Å². The summed E-state index contributed by atoms with van der Waals surface area (Å²) in [6.45, 7) is 0. The third-order valence-corrected chi connectivity index (χ3v) is 0. The smallest absolute Gasteiger partial charge is 0 e. The Kier molecular flexibility index (Phi) is 20.3. The molecule has 0 rings (SSSR count). The van der Waals surface area contributed by atoms with Crippen molar-refractivity contribution in [3.05, 3.63) is 0 Å². The molecule has 0 aliphatic heterocycles. The van der Waals surface area contributed by atoms with Crippen molar-refractivity contribution in [3.8, 4) is 0 Å². The molecule has 0 aliphatic carbocycles. The van der Waals surface area contributed by atoms with Gasteiger partial charge in [0.05, 0.1) is 0 Å². The second-order valence-corrected chi connectivity index (χ2v) is 7.94. The summed E-state index contributed by atoms with van der Waals surface area (Å²) in [5, 5.41) is 0. The van der Waals surface area contributed by atoms with Crippen molar-refractivity contribution in [2.75, 3.05) is 0 Å². The van der Waals surface area contributed by atoms with E-state index in [2.05, 4.69) is 5.93 Å². The molecule has 0 aromatic carbocycles. The van der Waals surface area contributed by atoms with Crippen LogP contribution in [-0.4, -0.2) is 13.9 Å². The van der Waals surface area contributed by atoms with Crippen molar-refractivity contribution in [3.63, 3.8) is 0 Å². The van der Waals surface area contributed by atoms with E-state index < -0.39 is 0 Å². The first-order valence-corrected chi connectivity index (χ1v) is 10.6.